The Morgan fingerprint density at radius 2 is 1.82 bits per heavy atom. The van der Waals surface area contributed by atoms with Gasteiger partial charge < -0.3 is 15.1 Å². The maximum atomic E-state index is 13.0. The summed E-state index contributed by atoms with van der Waals surface area (Å²) in [5.41, 5.74) is 1.07. The molecular weight excluding hydrogens is 352 g/mol. The highest BCUT2D eigenvalue weighted by Gasteiger charge is 2.39. The zero-order chi connectivity index (χ0) is 20.1. The summed E-state index contributed by atoms with van der Waals surface area (Å²) in [6, 6.07) is 13.8. The van der Waals surface area contributed by atoms with Crippen LogP contribution >= 0.6 is 0 Å². The van der Waals surface area contributed by atoms with Gasteiger partial charge in [-0.15, -0.1) is 0 Å². The summed E-state index contributed by atoms with van der Waals surface area (Å²) in [5.74, 6) is 0.547. The Labute approximate surface area is 166 Å². The molecule has 1 aliphatic rings. The van der Waals surface area contributed by atoms with Crippen molar-refractivity contribution in [2.45, 2.75) is 27.3 Å². The van der Waals surface area contributed by atoms with E-state index in [1.54, 1.807) is 24.9 Å². The van der Waals surface area contributed by atoms with Crippen LogP contribution in [0.25, 0.3) is 0 Å². The number of carbonyl (C=O) groups is 2. The van der Waals surface area contributed by atoms with Crippen LogP contribution < -0.4 is 10.2 Å². The van der Waals surface area contributed by atoms with E-state index >= 15 is 0 Å². The molecule has 28 heavy (non-hydrogen) atoms. The van der Waals surface area contributed by atoms with Gasteiger partial charge in [0.1, 0.15) is 11.2 Å². The Kier molecular flexibility index (Phi) is 5.97. The fourth-order valence-corrected chi connectivity index (χ4v) is 3.40. The minimum absolute atomic E-state index is 0.130. The van der Waals surface area contributed by atoms with Crippen LogP contribution in [-0.2, 0) is 16.1 Å². The highest BCUT2D eigenvalue weighted by atomic mass is 16.2. The zero-order valence-electron chi connectivity index (χ0n) is 16.8. The molecule has 2 aromatic rings. The van der Waals surface area contributed by atoms with Gasteiger partial charge in [-0.2, -0.15) is 0 Å². The van der Waals surface area contributed by atoms with Crippen molar-refractivity contribution in [3.8, 4) is 0 Å². The lowest BCUT2D eigenvalue weighted by molar-refractivity contribution is -0.148. The van der Waals surface area contributed by atoms with Crippen molar-refractivity contribution in [1.29, 1.82) is 0 Å². The predicted molar refractivity (Wildman–Crippen MR) is 110 cm³/mol. The van der Waals surface area contributed by atoms with E-state index in [4.69, 9.17) is 0 Å². The van der Waals surface area contributed by atoms with Gasteiger partial charge >= 0.3 is 0 Å². The molecule has 0 unspecified atom stereocenters. The number of pyridine rings is 1. The number of nitrogens with zero attached hydrogens (tertiary/aromatic N) is 3. The van der Waals surface area contributed by atoms with Crippen molar-refractivity contribution in [2.75, 3.05) is 31.1 Å². The second-order valence-corrected chi connectivity index (χ2v) is 7.76. The van der Waals surface area contributed by atoms with Crippen LogP contribution in [0.5, 0.6) is 0 Å². The number of aryl methyl sites for hydroxylation is 1. The van der Waals surface area contributed by atoms with E-state index in [0.29, 0.717) is 32.7 Å². The number of aromatic nitrogens is 1. The van der Waals surface area contributed by atoms with Crippen LogP contribution in [0.15, 0.2) is 48.7 Å². The first-order chi connectivity index (χ1) is 13.4. The summed E-state index contributed by atoms with van der Waals surface area (Å²) >= 11 is 0. The second kappa shape index (κ2) is 8.42. The molecule has 0 aliphatic carbocycles. The van der Waals surface area contributed by atoms with Crippen molar-refractivity contribution in [1.82, 2.24) is 15.2 Å². The second-order valence-electron chi connectivity index (χ2n) is 7.76. The minimum atomic E-state index is -1.10. The molecule has 1 saturated heterocycles. The van der Waals surface area contributed by atoms with Gasteiger partial charge in [-0.3, -0.25) is 9.59 Å². The van der Waals surface area contributed by atoms with Crippen molar-refractivity contribution >= 4 is 17.6 Å². The summed E-state index contributed by atoms with van der Waals surface area (Å²) in [4.78, 5) is 34.0. The predicted octanol–water partition coefficient (Wildman–Crippen LogP) is 2.38. The molecule has 1 fully saturated rings. The monoisotopic (exact) mass is 380 g/mol. The van der Waals surface area contributed by atoms with Gasteiger partial charge in [0, 0.05) is 38.9 Å². The molecule has 1 aromatic heterocycles. The third-order valence-electron chi connectivity index (χ3n) is 5.18. The lowest BCUT2D eigenvalue weighted by Crippen LogP contribution is -2.55. The Balaban J connectivity index is 1.56. The number of piperazine rings is 1. The molecule has 1 aliphatic heterocycles. The molecule has 6 heteroatoms. The number of amides is 2. The van der Waals surface area contributed by atoms with Crippen molar-refractivity contribution in [3.63, 3.8) is 0 Å². The topological polar surface area (TPSA) is 65.5 Å². The van der Waals surface area contributed by atoms with Gasteiger partial charge in [0.05, 0.1) is 0 Å². The number of nitrogens with one attached hydrogen (secondary N) is 1. The standard InChI is InChI=1S/C22H28N4O2/c1-17-7-6-8-18(15-17)16-24-20(27)22(2,3)21(28)26-13-11-25(12-14-26)19-9-4-5-10-23-19/h4-10,15H,11-14,16H2,1-3H3,(H,24,27). The zero-order valence-corrected chi connectivity index (χ0v) is 16.8. The molecule has 6 nitrogen and oxygen atoms in total. The molecule has 1 N–H and O–H groups in total. The van der Waals surface area contributed by atoms with E-state index in [0.717, 1.165) is 16.9 Å². The number of benzene rings is 1. The van der Waals surface area contributed by atoms with Gasteiger partial charge in [-0.05, 0) is 38.5 Å². The van der Waals surface area contributed by atoms with Crippen LogP contribution in [0.2, 0.25) is 0 Å². The molecule has 2 amide bonds. The summed E-state index contributed by atoms with van der Waals surface area (Å²) in [6.45, 7) is 8.44. The normalized spacial score (nSPS) is 14.7. The van der Waals surface area contributed by atoms with Gasteiger partial charge in [-0.25, -0.2) is 4.98 Å². The smallest absolute Gasteiger partial charge is 0.237 e. The molecule has 148 valence electrons. The van der Waals surface area contributed by atoms with Gasteiger partial charge in [0.25, 0.3) is 0 Å². The number of rotatable bonds is 5. The Morgan fingerprint density at radius 3 is 2.46 bits per heavy atom. The lowest BCUT2D eigenvalue weighted by atomic mass is 9.89. The summed E-state index contributed by atoms with van der Waals surface area (Å²) in [7, 11) is 0. The Bertz CT molecular complexity index is 827. The molecular formula is C22H28N4O2. The average molecular weight is 380 g/mol. The number of anilines is 1. The third-order valence-corrected chi connectivity index (χ3v) is 5.18. The van der Waals surface area contributed by atoms with E-state index in [-0.39, 0.29) is 11.8 Å². The molecule has 0 saturated carbocycles. The highest BCUT2D eigenvalue weighted by molar-refractivity contribution is 6.04. The lowest BCUT2D eigenvalue weighted by Gasteiger charge is -2.38. The number of hydrogen-bond acceptors (Lipinski definition) is 4. The highest BCUT2D eigenvalue weighted by Crippen LogP contribution is 2.22. The molecule has 3 rings (SSSR count). The van der Waals surface area contributed by atoms with E-state index < -0.39 is 5.41 Å². The first-order valence-electron chi connectivity index (χ1n) is 9.67. The summed E-state index contributed by atoms with van der Waals surface area (Å²) in [6.07, 6.45) is 1.77. The average Bonchev–Trinajstić information content (AvgIpc) is 2.72. The quantitative estimate of drug-likeness (QED) is 0.809. The van der Waals surface area contributed by atoms with E-state index in [2.05, 4.69) is 15.2 Å². The van der Waals surface area contributed by atoms with Crippen molar-refractivity contribution in [3.05, 3.63) is 59.8 Å². The van der Waals surface area contributed by atoms with Crippen LogP contribution in [0.4, 0.5) is 5.82 Å². The molecule has 2 heterocycles. The molecule has 0 bridgehead atoms. The maximum absolute atomic E-state index is 13.0. The number of hydrogen-bond donors (Lipinski definition) is 1. The molecule has 0 radical (unpaired) electrons. The molecule has 1 aromatic carbocycles. The third kappa shape index (κ3) is 4.50. The Hall–Kier alpha value is -2.89. The summed E-state index contributed by atoms with van der Waals surface area (Å²) in [5, 5.41) is 2.91. The number of carbonyl (C=O) groups excluding carboxylic acids is 2. The first kappa shape index (κ1) is 19.9. The van der Waals surface area contributed by atoms with Crippen LogP contribution in [0.3, 0.4) is 0 Å². The SMILES string of the molecule is Cc1cccc(CNC(=O)C(C)(C)C(=O)N2CCN(c3ccccn3)CC2)c1. The fraction of sp³-hybridized carbons (Fsp3) is 0.409. The van der Waals surface area contributed by atoms with Gasteiger partial charge in [0.15, 0.2) is 0 Å². The van der Waals surface area contributed by atoms with Gasteiger partial charge in [-0.1, -0.05) is 35.9 Å². The summed E-state index contributed by atoms with van der Waals surface area (Å²) < 4.78 is 0. The molecule has 0 spiro atoms. The minimum Gasteiger partial charge on any atom is -0.353 e. The Morgan fingerprint density at radius 1 is 1.07 bits per heavy atom. The van der Waals surface area contributed by atoms with Crippen molar-refractivity contribution < 1.29 is 9.59 Å². The van der Waals surface area contributed by atoms with Gasteiger partial charge in [0.2, 0.25) is 11.8 Å². The molecule has 0 atom stereocenters. The van der Waals surface area contributed by atoms with Crippen LogP contribution in [0.1, 0.15) is 25.0 Å². The van der Waals surface area contributed by atoms with Crippen LogP contribution in [-0.4, -0.2) is 47.9 Å². The van der Waals surface area contributed by atoms with Crippen molar-refractivity contribution in [2.24, 2.45) is 5.41 Å². The largest absolute Gasteiger partial charge is 0.353 e. The van der Waals surface area contributed by atoms with E-state index in [9.17, 15) is 9.59 Å². The van der Waals surface area contributed by atoms with Crippen LogP contribution in [0, 0.1) is 12.3 Å². The fourth-order valence-electron chi connectivity index (χ4n) is 3.40. The first-order valence-corrected chi connectivity index (χ1v) is 9.67. The maximum Gasteiger partial charge on any atom is 0.237 e. The van der Waals surface area contributed by atoms with E-state index in [1.165, 1.54) is 0 Å². The van der Waals surface area contributed by atoms with E-state index in [1.807, 2.05) is 49.4 Å².